The number of pyridine rings is 1. The smallest absolute Gasteiger partial charge is 0.127 e. The molecule has 0 aliphatic heterocycles. The van der Waals surface area contributed by atoms with Crippen molar-refractivity contribution >= 4 is 5.52 Å². The van der Waals surface area contributed by atoms with Crippen LogP contribution in [0.3, 0.4) is 0 Å². The van der Waals surface area contributed by atoms with Gasteiger partial charge in [-0.3, -0.25) is 0 Å². The molecule has 0 aliphatic carbocycles. The topological polar surface area (TPSA) is 43.3 Å². The number of nitrogens with zero attached hydrogens (tertiary/aromatic N) is 2. The number of benzene rings is 1. The predicted molar refractivity (Wildman–Crippen MR) is 78.0 cm³/mol. The van der Waals surface area contributed by atoms with Gasteiger partial charge in [-0.1, -0.05) is 18.2 Å². The maximum Gasteiger partial charge on any atom is 0.127 e. The van der Waals surface area contributed by atoms with Crippen LogP contribution in [0.5, 0.6) is 0 Å². The summed E-state index contributed by atoms with van der Waals surface area (Å²) >= 11 is 0. The lowest BCUT2D eigenvalue weighted by Gasteiger charge is -2.09. The number of fused-ring (bicyclic) bond motifs is 1. The molecule has 0 aliphatic rings. The first-order valence-corrected chi connectivity index (χ1v) is 6.43. The predicted octanol–water partition coefficient (Wildman–Crippen LogP) is 3.08. The molecule has 0 atom stereocenters. The normalized spacial score (nSPS) is 11.1. The SMILES string of the molecule is Cc1cccc(-c2ccn3c(CN)ncc3c2)c1C. The molecule has 0 fully saturated rings. The van der Waals surface area contributed by atoms with Crippen molar-refractivity contribution in [2.45, 2.75) is 20.4 Å². The minimum absolute atomic E-state index is 0.455. The zero-order chi connectivity index (χ0) is 13.4. The van der Waals surface area contributed by atoms with E-state index < -0.39 is 0 Å². The molecule has 0 saturated heterocycles. The van der Waals surface area contributed by atoms with Crippen LogP contribution < -0.4 is 5.73 Å². The Kier molecular flexibility index (Phi) is 2.84. The Morgan fingerprint density at radius 2 is 2.05 bits per heavy atom. The second-order valence-corrected chi connectivity index (χ2v) is 4.84. The van der Waals surface area contributed by atoms with Crippen molar-refractivity contribution in [2.75, 3.05) is 0 Å². The van der Waals surface area contributed by atoms with E-state index in [1.165, 1.54) is 22.3 Å². The molecule has 3 aromatic rings. The number of nitrogens with two attached hydrogens (primary N) is 1. The summed E-state index contributed by atoms with van der Waals surface area (Å²) in [5.41, 5.74) is 11.9. The maximum absolute atomic E-state index is 5.67. The van der Waals surface area contributed by atoms with Gasteiger partial charge in [-0.05, 0) is 48.2 Å². The fraction of sp³-hybridized carbons (Fsp3) is 0.188. The van der Waals surface area contributed by atoms with Gasteiger partial charge in [0.15, 0.2) is 0 Å². The lowest BCUT2D eigenvalue weighted by molar-refractivity contribution is 0.904. The molecule has 0 radical (unpaired) electrons. The number of aryl methyl sites for hydroxylation is 1. The Morgan fingerprint density at radius 1 is 1.21 bits per heavy atom. The van der Waals surface area contributed by atoms with E-state index in [1.54, 1.807) is 0 Å². The molecular weight excluding hydrogens is 234 g/mol. The van der Waals surface area contributed by atoms with E-state index in [0.29, 0.717) is 6.54 Å². The van der Waals surface area contributed by atoms with E-state index in [1.807, 2.05) is 16.8 Å². The van der Waals surface area contributed by atoms with Crippen LogP contribution in [-0.4, -0.2) is 9.38 Å². The largest absolute Gasteiger partial charge is 0.324 e. The van der Waals surface area contributed by atoms with Crippen molar-refractivity contribution in [3.8, 4) is 11.1 Å². The quantitative estimate of drug-likeness (QED) is 0.760. The Labute approximate surface area is 112 Å². The van der Waals surface area contributed by atoms with E-state index in [2.05, 4.69) is 49.2 Å². The first-order valence-electron chi connectivity index (χ1n) is 6.43. The second kappa shape index (κ2) is 4.52. The van der Waals surface area contributed by atoms with Crippen molar-refractivity contribution in [3.63, 3.8) is 0 Å². The average molecular weight is 251 g/mol. The molecule has 0 bridgehead atoms. The van der Waals surface area contributed by atoms with Gasteiger partial charge >= 0.3 is 0 Å². The van der Waals surface area contributed by atoms with Gasteiger partial charge in [0.05, 0.1) is 18.3 Å². The van der Waals surface area contributed by atoms with E-state index >= 15 is 0 Å². The zero-order valence-corrected chi connectivity index (χ0v) is 11.2. The highest BCUT2D eigenvalue weighted by molar-refractivity contribution is 5.72. The molecule has 3 nitrogen and oxygen atoms in total. The summed E-state index contributed by atoms with van der Waals surface area (Å²) in [5, 5.41) is 0. The summed E-state index contributed by atoms with van der Waals surface area (Å²) in [7, 11) is 0. The minimum Gasteiger partial charge on any atom is -0.324 e. The molecule has 0 spiro atoms. The molecule has 2 heterocycles. The zero-order valence-electron chi connectivity index (χ0n) is 11.2. The van der Waals surface area contributed by atoms with Crippen LogP contribution in [-0.2, 0) is 6.54 Å². The van der Waals surface area contributed by atoms with E-state index in [9.17, 15) is 0 Å². The van der Waals surface area contributed by atoms with Gasteiger partial charge < -0.3 is 10.1 Å². The van der Waals surface area contributed by atoms with Crippen molar-refractivity contribution in [1.29, 1.82) is 0 Å². The monoisotopic (exact) mass is 251 g/mol. The fourth-order valence-corrected chi connectivity index (χ4v) is 2.44. The summed E-state index contributed by atoms with van der Waals surface area (Å²) < 4.78 is 2.04. The third-order valence-corrected chi connectivity index (χ3v) is 3.71. The Bertz CT molecular complexity index is 741. The molecule has 0 unspecified atom stereocenters. The van der Waals surface area contributed by atoms with Gasteiger partial charge in [-0.15, -0.1) is 0 Å². The molecule has 0 amide bonds. The van der Waals surface area contributed by atoms with Crippen LogP contribution in [0, 0.1) is 13.8 Å². The third kappa shape index (κ3) is 1.92. The van der Waals surface area contributed by atoms with E-state index in [-0.39, 0.29) is 0 Å². The summed E-state index contributed by atoms with van der Waals surface area (Å²) in [5.74, 6) is 0.891. The molecule has 96 valence electrons. The Morgan fingerprint density at radius 3 is 2.84 bits per heavy atom. The number of imidazole rings is 1. The van der Waals surface area contributed by atoms with Gasteiger partial charge in [-0.2, -0.15) is 0 Å². The number of hydrogen-bond acceptors (Lipinski definition) is 2. The first kappa shape index (κ1) is 11.9. The average Bonchev–Trinajstić information content (AvgIpc) is 2.84. The number of hydrogen-bond donors (Lipinski definition) is 1. The number of aromatic nitrogens is 2. The lowest BCUT2D eigenvalue weighted by Crippen LogP contribution is -2.02. The molecule has 2 aromatic heterocycles. The molecule has 3 rings (SSSR count). The molecular formula is C16H17N3. The Hall–Kier alpha value is -2.13. The third-order valence-electron chi connectivity index (χ3n) is 3.71. The summed E-state index contributed by atoms with van der Waals surface area (Å²) in [4.78, 5) is 4.33. The van der Waals surface area contributed by atoms with Gasteiger partial charge in [0.1, 0.15) is 5.82 Å². The van der Waals surface area contributed by atoms with Crippen molar-refractivity contribution < 1.29 is 0 Å². The summed E-state index contributed by atoms with van der Waals surface area (Å²) in [6, 6.07) is 10.7. The van der Waals surface area contributed by atoms with Crippen molar-refractivity contribution in [1.82, 2.24) is 9.38 Å². The van der Waals surface area contributed by atoms with Crippen molar-refractivity contribution in [3.05, 3.63) is 59.7 Å². The van der Waals surface area contributed by atoms with Gasteiger partial charge in [-0.25, -0.2) is 4.98 Å². The van der Waals surface area contributed by atoms with Gasteiger partial charge in [0.2, 0.25) is 0 Å². The van der Waals surface area contributed by atoms with Crippen LogP contribution >= 0.6 is 0 Å². The van der Waals surface area contributed by atoms with Crippen LogP contribution in [0.2, 0.25) is 0 Å². The molecule has 3 heteroatoms. The minimum atomic E-state index is 0.455. The van der Waals surface area contributed by atoms with Crippen LogP contribution in [0.4, 0.5) is 0 Å². The molecule has 2 N–H and O–H groups in total. The molecule has 1 aromatic carbocycles. The van der Waals surface area contributed by atoms with Crippen LogP contribution in [0.25, 0.3) is 16.6 Å². The molecule has 19 heavy (non-hydrogen) atoms. The lowest BCUT2D eigenvalue weighted by atomic mass is 9.98. The van der Waals surface area contributed by atoms with Gasteiger partial charge in [0.25, 0.3) is 0 Å². The number of rotatable bonds is 2. The van der Waals surface area contributed by atoms with E-state index in [4.69, 9.17) is 5.73 Å². The highest BCUT2D eigenvalue weighted by Gasteiger charge is 2.06. The first-order chi connectivity index (χ1) is 9.20. The van der Waals surface area contributed by atoms with Gasteiger partial charge in [0, 0.05) is 6.20 Å². The maximum atomic E-state index is 5.67. The highest BCUT2D eigenvalue weighted by Crippen LogP contribution is 2.26. The standard InChI is InChI=1S/C16H17N3/c1-11-4-3-5-15(12(11)2)13-6-7-19-14(8-13)10-18-16(19)9-17/h3-8,10H,9,17H2,1-2H3. The fourth-order valence-electron chi connectivity index (χ4n) is 2.44. The second-order valence-electron chi connectivity index (χ2n) is 4.84. The summed E-state index contributed by atoms with van der Waals surface area (Å²) in [6.45, 7) is 4.76. The van der Waals surface area contributed by atoms with Crippen LogP contribution in [0.1, 0.15) is 17.0 Å². The highest BCUT2D eigenvalue weighted by atomic mass is 15.0. The summed E-state index contributed by atoms with van der Waals surface area (Å²) in [6.07, 6.45) is 3.92. The molecule has 0 saturated carbocycles. The van der Waals surface area contributed by atoms with Crippen molar-refractivity contribution in [2.24, 2.45) is 5.73 Å². The van der Waals surface area contributed by atoms with Crippen LogP contribution in [0.15, 0.2) is 42.7 Å². The Balaban J connectivity index is 2.18. The van der Waals surface area contributed by atoms with E-state index in [0.717, 1.165) is 11.3 Å².